The highest BCUT2D eigenvalue weighted by Crippen LogP contribution is 2.37. The Labute approximate surface area is 184 Å². The molecule has 5 rings (SSSR count). The Hall–Kier alpha value is -3.66. The first-order valence-electron chi connectivity index (χ1n) is 10.8. The standard InChI is InChI=1S/C27H28N4/c1-21-26(30-19-17-28(22(30)2)24-11-6-4-7-12-24)15-10-16-27(21)31-20-18-29(23(31)3)25-13-8-5-9-14-25/h4-20,22-23H,1-3H3/t22-,23+. The minimum absolute atomic E-state index is 0.212. The van der Waals surface area contributed by atoms with Crippen LogP contribution >= 0.6 is 0 Å². The zero-order chi connectivity index (χ0) is 21.4. The molecule has 0 aliphatic carbocycles. The average Bonchev–Trinajstić information content (AvgIpc) is 3.38. The Morgan fingerprint density at radius 1 is 0.484 bits per heavy atom. The van der Waals surface area contributed by atoms with Gasteiger partial charge in [-0.1, -0.05) is 42.5 Å². The lowest BCUT2D eigenvalue weighted by molar-refractivity contribution is 0.740. The van der Waals surface area contributed by atoms with E-state index in [9.17, 15) is 0 Å². The monoisotopic (exact) mass is 408 g/mol. The van der Waals surface area contributed by atoms with E-state index in [1.54, 1.807) is 0 Å². The number of anilines is 4. The fraction of sp³-hybridized carbons (Fsp3) is 0.185. The summed E-state index contributed by atoms with van der Waals surface area (Å²) >= 11 is 0. The van der Waals surface area contributed by atoms with Gasteiger partial charge in [0.15, 0.2) is 0 Å². The minimum Gasteiger partial charge on any atom is -0.326 e. The van der Waals surface area contributed by atoms with Gasteiger partial charge < -0.3 is 19.6 Å². The number of rotatable bonds is 4. The van der Waals surface area contributed by atoms with Crippen molar-refractivity contribution < 1.29 is 0 Å². The van der Waals surface area contributed by atoms with Crippen LogP contribution in [0.1, 0.15) is 19.4 Å². The molecule has 0 N–H and O–H groups in total. The molecule has 31 heavy (non-hydrogen) atoms. The summed E-state index contributed by atoms with van der Waals surface area (Å²) in [4.78, 5) is 9.32. The Morgan fingerprint density at radius 2 is 0.871 bits per heavy atom. The molecule has 156 valence electrons. The Kier molecular flexibility index (Phi) is 4.91. The first-order valence-corrected chi connectivity index (χ1v) is 10.8. The van der Waals surface area contributed by atoms with Crippen molar-refractivity contribution in [3.63, 3.8) is 0 Å². The first-order chi connectivity index (χ1) is 15.1. The van der Waals surface area contributed by atoms with Gasteiger partial charge in [-0.2, -0.15) is 0 Å². The third-order valence-corrected chi connectivity index (χ3v) is 6.33. The van der Waals surface area contributed by atoms with Gasteiger partial charge in [0, 0.05) is 47.5 Å². The highest BCUT2D eigenvalue weighted by Gasteiger charge is 2.29. The van der Waals surface area contributed by atoms with E-state index in [-0.39, 0.29) is 12.3 Å². The molecule has 4 nitrogen and oxygen atoms in total. The molecular weight excluding hydrogens is 380 g/mol. The molecular formula is C27H28N4. The SMILES string of the molecule is Cc1c(N2C=CN(c3ccccc3)[C@H]2C)cccc1N1C=CN(c2ccccc2)[C@@H]1C. The summed E-state index contributed by atoms with van der Waals surface area (Å²) < 4.78 is 0. The van der Waals surface area contributed by atoms with Crippen molar-refractivity contribution in [2.75, 3.05) is 19.6 Å². The Balaban J connectivity index is 1.42. The summed E-state index contributed by atoms with van der Waals surface area (Å²) in [7, 11) is 0. The second-order valence-electron chi connectivity index (χ2n) is 8.08. The lowest BCUT2D eigenvalue weighted by Crippen LogP contribution is -2.37. The molecule has 2 heterocycles. The molecule has 0 aromatic heterocycles. The van der Waals surface area contributed by atoms with Gasteiger partial charge in [0.2, 0.25) is 0 Å². The normalized spacial score (nSPS) is 20.2. The summed E-state index contributed by atoms with van der Waals surface area (Å²) in [5, 5.41) is 0. The van der Waals surface area contributed by atoms with E-state index in [2.05, 4.69) is 144 Å². The van der Waals surface area contributed by atoms with E-state index >= 15 is 0 Å². The van der Waals surface area contributed by atoms with Crippen LogP contribution in [0, 0.1) is 6.92 Å². The largest absolute Gasteiger partial charge is 0.326 e. The van der Waals surface area contributed by atoms with Crippen molar-refractivity contribution in [1.82, 2.24) is 0 Å². The van der Waals surface area contributed by atoms with Crippen LogP contribution in [0.3, 0.4) is 0 Å². The summed E-state index contributed by atoms with van der Waals surface area (Å²) in [6.07, 6.45) is 9.13. The molecule has 2 aliphatic rings. The van der Waals surface area contributed by atoms with Gasteiger partial charge in [-0.3, -0.25) is 0 Å². The highest BCUT2D eigenvalue weighted by molar-refractivity contribution is 5.73. The van der Waals surface area contributed by atoms with Crippen molar-refractivity contribution in [2.45, 2.75) is 33.1 Å². The summed E-state index contributed by atoms with van der Waals surface area (Å²) in [6.45, 7) is 6.71. The third kappa shape index (κ3) is 3.34. The molecule has 0 amide bonds. The Morgan fingerprint density at radius 3 is 1.29 bits per heavy atom. The first kappa shape index (κ1) is 19.3. The van der Waals surface area contributed by atoms with Gasteiger partial charge >= 0.3 is 0 Å². The molecule has 2 atom stereocenters. The van der Waals surface area contributed by atoms with Crippen LogP contribution in [0.25, 0.3) is 0 Å². The zero-order valence-electron chi connectivity index (χ0n) is 18.3. The van der Waals surface area contributed by atoms with Crippen molar-refractivity contribution in [3.05, 3.63) is 109 Å². The zero-order valence-corrected chi connectivity index (χ0v) is 18.3. The van der Waals surface area contributed by atoms with Gasteiger partial charge in [0.25, 0.3) is 0 Å². The van der Waals surface area contributed by atoms with E-state index in [1.165, 1.54) is 28.3 Å². The molecule has 0 spiro atoms. The van der Waals surface area contributed by atoms with Crippen LogP contribution in [0.2, 0.25) is 0 Å². The molecule has 0 bridgehead atoms. The van der Waals surface area contributed by atoms with E-state index in [0.29, 0.717) is 0 Å². The molecule has 3 aromatic rings. The fourth-order valence-electron chi connectivity index (χ4n) is 4.59. The van der Waals surface area contributed by atoms with Crippen molar-refractivity contribution >= 4 is 22.7 Å². The second kappa shape index (κ2) is 7.88. The van der Waals surface area contributed by atoms with Crippen LogP contribution in [0.15, 0.2) is 104 Å². The Bertz CT molecular complexity index is 1020. The van der Waals surface area contributed by atoms with E-state index < -0.39 is 0 Å². The number of para-hydroxylation sites is 2. The molecule has 0 saturated heterocycles. The van der Waals surface area contributed by atoms with Crippen LogP contribution in [0.5, 0.6) is 0 Å². The van der Waals surface area contributed by atoms with Gasteiger partial charge in [-0.25, -0.2) is 0 Å². The van der Waals surface area contributed by atoms with Gasteiger partial charge in [0.05, 0.1) is 0 Å². The predicted octanol–water partition coefficient (Wildman–Crippen LogP) is 6.28. The topological polar surface area (TPSA) is 13.0 Å². The third-order valence-electron chi connectivity index (χ3n) is 6.33. The van der Waals surface area contributed by atoms with Crippen molar-refractivity contribution in [1.29, 1.82) is 0 Å². The van der Waals surface area contributed by atoms with Crippen LogP contribution < -0.4 is 19.6 Å². The van der Waals surface area contributed by atoms with Gasteiger partial charge in [0.1, 0.15) is 12.3 Å². The van der Waals surface area contributed by atoms with Crippen molar-refractivity contribution in [3.8, 4) is 0 Å². The summed E-state index contributed by atoms with van der Waals surface area (Å²) in [5.41, 5.74) is 6.16. The molecule has 3 aromatic carbocycles. The molecule has 0 fully saturated rings. The van der Waals surface area contributed by atoms with Gasteiger partial charge in [-0.05, 0) is 62.7 Å². The van der Waals surface area contributed by atoms with Crippen LogP contribution in [-0.2, 0) is 0 Å². The summed E-state index contributed by atoms with van der Waals surface area (Å²) in [5.74, 6) is 0. The minimum atomic E-state index is 0.212. The number of benzene rings is 3. The fourth-order valence-corrected chi connectivity index (χ4v) is 4.59. The molecule has 0 radical (unpaired) electrons. The second-order valence-corrected chi connectivity index (χ2v) is 8.08. The molecule has 0 saturated carbocycles. The average molecular weight is 409 g/mol. The quantitative estimate of drug-likeness (QED) is 0.503. The summed E-state index contributed by atoms with van der Waals surface area (Å²) in [6, 6.07) is 27.7. The van der Waals surface area contributed by atoms with Gasteiger partial charge in [-0.15, -0.1) is 0 Å². The lowest BCUT2D eigenvalue weighted by atomic mass is 10.1. The van der Waals surface area contributed by atoms with E-state index in [0.717, 1.165) is 0 Å². The number of hydrogen-bond donors (Lipinski definition) is 0. The lowest BCUT2D eigenvalue weighted by Gasteiger charge is -2.34. The number of nitrogens with zero attached hydrogens (tertiary/aromatic N) is 4. The maximum atomic E-state index is 2.35. The van der Waals surface area contributed by atoms with Crippen molar-refractivity contribution in [2.24, 2.45) is 0 Å². The maximum Gasteiger partial charge on any atom is 0.107 e. The smallest absolute Gasteiger partial charge is 0.107 e. The van der Waals surface area contributed by atoms with E-state index in [4.69, 9.17) is 0 Å². The van der Waals surface area contributed by atoms with Crippen LogP contribution in [0.4, 0.5) is 22.7 Å². The number of hydrogen-bond acceptors (Lipinski definition) is 4. The van der Waals surface area contributed by atoms with Crippen LogP contribution in [-0.4, -0.2) is 12.3 Å². The van der Waals surface area contributed by atoms with E-state index in [1.807, 2.05) is 0 Å². The molecule has 4 heteroatoms. The highest BCUT2D eigenvalue weighted by atomic mass is 15.4. The predicted molar refractivity (Wildman–Crippen MR) is 131 cm³/mol. The molecule has 0 unspecified atom stereocenters. The maximum absolute atomic E-state index is 2.35. The molecule has 2 aliphatic heterocycles.